The number of aliphatic hydroxyl groups is 3. The van der Waals surface area contributed by atoms with Crippen molar-refractivity contribution in [3.8, 4) is 5.75 Å². The van der Waals surface area contributed by atoms with Crippen LogP contribution in [0.4, 0.5) is 5.69 Å². The van der Waals surface area contributed by atoms with E-state index in [0.29, 0.717) is 16.5 Å². The van der Waals surface area contributed by atoms with E-state index in [1.54, 1.807) is 82.7 Å². The molecule has 2 saturated heterocycles. The van der Waals surface area contributed by atoms with Crippen molar-refractivity contribution in [3.05, 3.63) is 94.7 Å². The highest BCUT2D eigenvalue weighted by Gasteiger charge is 2.53. The molecular weight excluding hydrogens is 983 g/mol. The Morgan fingerprint density at radius 3 is 2.04 bits per heavy atom. The average molecular weight is 1060 g/mol. The Labute approximate surface area is 442 Å². The van der Waals surface area contributed by atoms with Gasteiger partial charge in [-0.1, -0.05) is 70.2 Å². The molecule has 2 aliphatic rings. The van der Waals surface area contributed by atoms with Crippen LogP contribution in [0.5, 0.6) is 5.75 Å². The lowest BCUT2D eigenvalue weighted by molar-refractivity contribution is -0.385. The van der Waals surface area contributed by atoms with Gasteiger partial charge in [-0.25, -0.2) is 0 Å². The number of fused-ring (bicyclic) bond motifs is 3. The second-order valence-electron chi connectivity index (χ2n) is 21.4. The summed E-state index contributed by atoms with van der Waals surface area (Å²) in [6.45, 7) is 16.7. The molecule has 22 heteroatoms. The van der Waals surface area contributed by atoms with Crippen molar-refractivity contribution in [3.63, 3.8) is 0 Å². The minimum atomic E-state index is -2.12. The summed E-state index contributed by atoms with van der Waals surface area (Å²) in [4.78, 5) is 117. The number of amides is 7. The Balaban J connectivity index is 1.74. The summed E-state index contributed by atoms with van der Waals surface area (Å²) in [7, 11) is 2.61. The van der Waals surface area contributed by atoms with E-state index in [2.05, 4.69) is 27.8 Å². The average Bonchev–Trinajstić information content (AvgIpc) is 3.74. The molecule has 3 aromatic rings. The third kappa shape index (κ3) is 13.3. The van der Waals surface area contributed by atoms with Gasteiger partial charge in [0.15, 0.2) is 12.0 Å². The first-order valence-corrected chi connectivity index (χ1v) is 25.5. The molecule has 0 aliphatic carbocycles. The van der Waals surface area contributed by atoms with Gasteiger partial charge in [-0.2, -0.15) is 0 Å². The van der Waals surface area contributed by atoms with Crippen molar-refractivity contribution < 1.29 is 58.9 Å². The molecule has 3 heterocycles. The standard InChI is InChI=1S/C54H75N9O13/c1-12-14-18-36-45(66)58-38(26-34-28-61(53(8,13-2)29-64)39-19-16-15-17-35(34)39)50(71)59(10)41(22-30(3)4)47(68)57-37(24-33-20-21-44(65)40(25-33)63(75)76)46(67)55-32(7)49(70)60(11)43-27-54(9,74)52(73)62(51(43)72)42(23-31(5)6)48(69)56-36/h12-17,19-21,25,28,30-32,36-38,41-43,52,64-65,73-74H,2,18,22-24,26-27,29H2,1,3-11H3,(H,55,67)(H,56,69)(H,57,68)(H,58,66)/b14-12+/t32-,36-,37-,38-,41-,42-,43-,52+,53+,54+/m0/s1. The van der Waals surface area contributed by atoms with Crippen LogP contribution in [0.1, 0.15) is 92.2 Å². The molecule has 0 spiro atoms. The fourth-order valence-electron chi connectivity index (χ4n) is 9.81. The van der Waals surface area contributed by atoms with E-state index in [-0.39, 0.29) is 49.7 Å². The third-order valence-electron chi connectivity index (χ3n) is 14.3. The van der Waals surface area contributed by atoms with Crippen LogP contribution in [0.2, 0.25) is 0 Å². The number of aromatic hydroxyl groups is 1. The Morgan fingerprint density at radius 1 is 0.842 bits per heavy atom. The van der Waals surface area contributed by atoms with Gasteiger partial charge in [-0.05, 0) is 82.1 Å². The molecule has 7 amide bonds. The quantitative estimate of drug-likeness (QED) is 0.0654. The Kier molecular flexibility index (Phi) is 19.4. The molecule has 1 aromatic heterocycles. The number of piperidine rings is 1. The lowest BCUT2D eigenvalue weighted by Crippen LogP contribution is -2.71. The van der Waals surface area contributed by atoms with E-state index in [1.165, 1.54) is 34.0 Å². The van der Waals surface area contributed by atoms with Crippen LogP contribution in [0, 0.1) is 22.0 Å². The number of benzene rings is 2. The maximum absolute atomic E-state index is 15.4. The van der Waals surface area contributed by atoms with Gasteiger partial charge in [0.25, 0.3) is 0 Å². The Morgan fingerprint density at radius 2 is 1.43 bits per heavy atom. The van der Waals surface area contributed by atoms with Gasteiger partial charge >= 0.3 is 5.69 Å². The monoisotopic (exact) mass is 1060 g/mol. The molecular formula is C54H75N9O13. The van der Waals surface area contributed by atoms with E-state index < -0.39 is 130 Å². The number of carbonyl (C=O) groups excluding carboxylic acids is 7. The lowest BCUT2D eigenvalue weighted by Gasteiger charge is -2.50. The van der Waals surface area contributed by atoms with E-state index in [0.717, 1.165) is 26.8 Å². The third-order valence-corrected chi connectivity index (χ3v) is 14.3. The lowest BCUT2D eigenvalue weighted by atomic mass is 9.85. The van der Waals surface area contributed by atoms with Gasteiger partial charge in [-0.15, -0.1) is 6.58 Å². The van der Waals surface area contributed by atoms with Crippen LogP contribution in [0.15, 0.2) is 73.5 Å². The van der Waals surface area contributed by atoms with Crippen LogP contribution in [-0.4, -0.2) is 161 Å². The van der Waals surface area contributed by atoms with Gasteiger partial charge in [0.05, 0.1) is 17.1 Å². The molecule has 0 saturated carbocycles. The number of carbonyl (C=O) groups is 7. The van der Waals surface area contributed by atoms with Gasteiger partial charge < -0.3 is 61.0 Å². The van der Waals surface area contributed by atoms with Crippen LogP contribution in [0.25, 0.3) is 10.9 Å². The first-order valence-electron chi connectivity index (χ1n) is 25.5. The molecule has 2 aliphatic heterocycles. The molecule has 76 heavy (non-hydrogen) atoms. The smallest absolute Gasteiger partial charge is 0.310 e. The zero-order chi connectivity index (χ0) is 56.7. The van der Waals surface area contributed by atoms with Crippen molar-refractivity contribution in [2.45, 2.75) is 154 Å². The summed E-state index contributed by atoms with van der Waals surface area (Å²) in [5.41, 5.74) is -2.50. The van der Waals surface area contributed by atoms with Crippen LogP contribution >= 0.6 is 0 Å². The largest absolute Gasteiger partial charge is 0.502 e. The van der Waals surface area contributed by atoms with Gasteiger partial charge in [0.1, 0.15) is 47.9 Å². The number of nitrogens with zero attached hydrogens (tertiary/aromatic N) is 5. The van der Waals surface area contributed by atoms with Crippen molar-refractivity contribution in [2.75, 3.05) is 20.7 Å². The number of likely N-dealkylation sites (N-methyl/N-ethyl adjacent to an activating group) is 2. The summed E-state index contributed by atoms with van der Waals surface area (Å²) < 4.78 is 1.80. The molecule has 2 fully saturated rings. The number of nitro groups is 1. The zero-order valence-corrected chi connectivity index (χ0v) is 45.0. The van der Waals surface area contributed by atoms with E-state index in [4.69, 9.17) is 0 Å². The highest BCUT2D eigenvalue weighted by atomic mass is 16.6. The molecule has 8 N–H and O–H groups in total. The maximum atomic E-state index is 15.4. The zero-order valence-electron chi connectivity index (χ0n) is 45.0. The predicted molar refractivity (Wildman–Crippen MR) is 282 cm³/mol. The van der Waals surface area contributed by atoms with E-state index >= 15 is 4.79 Å². The van der Waals surface area contributed by atoms with E-state index in [1.807, 2.05) is 12.1 Å². The molecule has 10 atom stereocenters. The van der Waals surface area contributed by atoms with Crippen LogP contribution in [-0.2, 0) is 51.9 Å². The first-order chi connectivity index (χ1) is 35.6. The van der Waals surface area contributed by atoms with Crippen LogP contribution in [0.3, 0.4) is 0 Å². The van der Waals surface area contributed by atoms with Gasteiger partial charge in [-0.3, -0.25) is 43.7 Å². The summed E-state index contributed by atoms with van der Waals surface area (Å²) >= 11 is 0. The van der Waals surface area contributed by atoms with Crippen molar-refractivity contribution in [1.29, 1.82) is 0 Å². The number of aromatic nitrogens is 1. The number of phenolic OH excluding ortho intramolecular Hbond substituents is 1. The van der Waals surface area contributed by atoms with Crippen LogP contribution < -0.4 is 21.3 Å². The first kappa shape index (κ1) is 59.7. The highest BCUT2D eigenvalue weighted by molar-refractivity contribution is 5.99. The fraction of sp³-hybridized carbons (Fsp3) is 0.537. The highest BCUT2D eigenvalue weighted by Crippen LogP contribution is 2.34. The Bertz CT molecular complexity index is 2720. The Hall–Kier alpha value is -7.17. The number of para-hydroxylation sites is 1. The molecule has 414 valence electrons. The number of rotatable bonds is 14. The number of nitro benzene ring substituents is 1. The summed E-state index contributed by atoms with van der Waals surface area (Å²) in [6, 6.07) is 0.278. The molecule has 2 aromatic carbocycles. The molecule has 0 unspecified atom stereocenters. The summed E-state index contributed by atoms with van der Waals surface area (Å²) in [5.74, 6) is -7.35. The maximum Gasteiger partial charge on any atom is 0.310 e. The number of allylic oxidation sites excluding steroid dienone is 1. The van der Waals surface area contributed by atoms with Crippen molar-refractivity contribution in [1.82, 2.24) is 40.5 Å². The second-order valence-corrected chi connectivity index (χ2v) is 21.4. The number of nitrogens with one attached hydrogen (secondary N) is 4. The van der Waals surface area contributed by atoms with E-state index in [9.17, 15) is 59.3 Å². The van der Waals surface area contributed by atoms with Gasteiger partial charge in [0.2, 0.25) is 41.4 Å². The molecule has 22 nitrogen and oxygen atoms in total. The van der Waals surface area contributed by atoms with Crippen molar-refractivity contribution in [2.24, 2.45) is 11.8 Å². The number of hydrogen-bond acceptors (Lipinski definition) is 13. The topological polar surface area (TPSA) is 306 Å². The molecule has 0 radical (unpaired) electrons. The summed E-state index contributed by atoms with van der Waals surface area (Å²) in [5, 5.41) is 67.7. The number of aliphatic hydroxyl groups excluding tert-OH is 2. The number of hydrogen-bond donors (Lipinski definition) is 8. The van der Waals surface area contributed by atoms with Gasteiger partial charge in [0, 0.05) is 56.5 Å². The second kappa shape index (κ2) is 24.7. The minimum Gasteiger partial charge on any atom is -0.502 e. The number of phenols is 1. The fourth-order valence-corrected chi connectivity index (χ4v) is 9.81. The normalized spacial score (nSPS) is 26.8. The predicted octanol–water partition coefficient (Wildman–Crippen LogP) is 2.29. The minimum absolute atomic E-state index is 0.0136. The van der Waals surface area contributed by atoms with Crippen molar-refractivity contribution >= 4 is 57.9 Å². The molecule has 5 rings (SSSR count). The molecule has 2 bridgehead atoms. The summed E-state index contributed by atoms with van der Waals surface area (Å²) in [6.07, 6.45) is 3.26. The SMILES string of the molecule is C=C[C@](C)(CO)n1cc(C[C@@H]2NC(=O)[C@H](C/C=C/C)NC(=O)[C@H](CC(C)C)N3C(=O)[C@H](C[C@@](C)(O)[C@H]3O)N(C)C(=O)[C@H](C)NC(=O)[C@H](Cc3ccc(O)c([N+](=O)[O-])c3)NC(=O)[C@H](CC(C)C)N(C)C2=O)c2ccccc21.